The second kappa shape index (κ2) is 9.75. The van der Waals surface area contributed by atoms with Gasteiger partial charge in [0.05, 0.1) is 13.7 Å². The van der Waals surface area contributed by atoms with Crippen LogP contribution in [-0.4, -0.2) is 15.0 Å². The van der Waals surface area contributed by atoms with Crippen LogP contribution >= 0.6 is 0 Å². The smallest absolute Gasteiger partial charge is 0.164 e. The summed E-state index contributed by atoms with van der Waals surface area (Å²) in [5, 5.41) is 3.22. The lowest BCUT2D eigenvalue weighted by atomic mass is 9.99. The molecule has 0 radical (unpaired) electrons. The summed E-state index contributed by atoms with van der Waals surface area (Å²) in [7, 11) is 0. The highest BCUT2D eigenvalue weighted by Crippen LogP contribution is 2.41. The molecular weight excluding hydrogens is 542 g/mol. The van der Waals surface area contributed by atoms with E-state index in [0.717, 1.165) is 33.1 Å². The number of hydrogen-bond donors (Lipinski definition) is 0. The van der Waals surface area contributed by atoms with Crippen LogP contribution < -0.4 is 0 Å². The predicted molar refractivity (Wildman–Crippen MR) is 176 cm³/mol. The third-order valence-electron chi connectivity index (χ3n) is 7.53. The first-order chi connectivity index (χ1) is 25.9. The number of para-hydroxylation sites is 2. The van der Waals surface area contributed by atoms with E-state index < -0.39 is 60.4 Å². The summed E-state index contributed by atoms with van der Waals surface area (Å²) in [6.07, 6.45) is 0. The van der Waals surface area contributed by atoms with Gasteiger partial charge in [-0.1, -0.05) is 115 Å². The van der Waals surface area contributed by atoms with Crippen molar-refractivity contribution in [3.63, 3.8) is 0 Å². The molecule has 5 nitrogen and oxygen atoms in total. The molecule has 0 bridgehead atoms. The molecule has 0 unspecified atom stereocenters. The Balaban J connectivity index is 1.33. The van der Waals surface area contributed by atoms with E-state index in [1.165, 1.54) is 0 Å². The highest BCUT2D eigenvalue weighted by Gasteiger charge is 2.19. The summed E-state index contributed by atoms with van der Waals surface area (Å²) < 4.78 is 96.6. The van der Waals surface area contributed by atoms with Gasteiger partial charge < -0.3 is 8.83 Å². The number of rotatable bonds is 4. The van der Waals surface area contributed by atoms with Crippen molar-refractivity contribution in [2.45, 2.75) is 0 Å². The fourth-order valence-corrected chi connectivity index (χ4v) is 5.60. The van der Waals surface area contributed by atoms with Crippen LogP contribution in [0.5, 0.6) is 0 Å². The van der Waals surface area contributed by atoms with Crippen LogP contribution in [0.4, 0.5) is 0 Å². The van der Waals surface area contributed by atoms with Crippen molar-refractivity contribution in [1.29, 1.82) is 0 Å². The van der Waals surface area contributed by atoms with Crippen LogP contribution in [0.1, 0.15) is 13.7 Å². The first-order valence-electron chi connectivity index (χ1n) is 18.7. The molecule has 9 aromatic rings. The van der Waals surface area contributed by atoms with Gasteiger partial charge in [-0.2, -0.15) is 0 Å². The molecule has 0 atom stereocenters. The molecule has 3 aromatic heterocycles. The highest BCUT2D eigenvalue weighted by molar-refractivity contribution is 6.14. The van der Waals surface area contributed by atoms with Gasteiger partial charge in [0.15, 0.2) is 17.5 Å². The van der Waals surface area contributed by atoms with Crippen LogP contribution in [0.3, 0.4) is 0 Å². The topological polar surface area (TPSA) is 65.0 Å². The summed E-state index contributed by atoms with van der Waals surface area (Å²) >= 11 is 0. The third kappa shape index (κ3) is 3.91. The predicted octanol–water partition coefficient (Wildman–Crippen LogP) is 10.3. The Labute approximate surface area is 266 Å². The number of nitrogens with zero attached hydrogens (tertiary/aromatic N) is 3. The van der Waals surface area contributed by atoms with Crippen molar-refractivity contribution < 1.29 is 22.5 Å². The van der Waals surface area contributed by atoms with E-state index in [1.54, 1.807) is 18.2 Å². The highest BCUT2D eigenvalue weighted by atomic mass is 16.3. The van der Waals surface area contributed by atoms with E-state index >= 15 is 0 Å². The largest absolute Gasteiger partial charge is 0.456 e. The maximum atomic E-state index is 8.66. The van der Waals surface area contributed by atoms with E-state index in [1.807, 2.05) is 60.7 Å². The van der Waals surface area contributed by atoms with Gasteiger partial charge in [0.2, 0.25) is 0 Å². The number of furan rings is 2. The fraction of sp³-hybridized carbons (Fsp3) is 0. The zero-order chi connectivity index (χ0) is 37.7. The van der Waals surface area contributed by atoms with Gasteiger partial charge in [-0.3, -0.25) is 0 Å². The minimum atomic E-state index is -0.618. The van der Waals surface area contributed by atoms with Crippen molar-refractivity contribution in [3.8, 4) is 45.3 Å². The molecule has 9 rings (SSSR count). The normalized spacial score (nSPS) is 14.8. The van der Waals surface area contributed by atoms with Crippen molar-refractivity contribution >= 4 is 43.9 Å². The zero-order valence-corrected chi connectivity index (χ0v) is 22.7. The lowest BCUT2D eigenvalue weighted by molar-refractivity contribution is 0.668. The molecule has 0 fully saturated rings. The van der Waals surface area contributed by atoms with Gasteiger partial charge in [-0.25, -0.2) is 15.0 Å². The summed E-state index contributed by atoms with van der Waals surface area (Å²) in [4.78, 5) is 13.7. The standard InChI is InChI=1S/C39H23N3O2/c1-3-11-24(12-4-1)37-40-38(25-13-5-2-6-14-25)42-39(41-37)30-18-10-20-34-35(30)31-23-26(21-22-33(31)43-34)27-16-9-17-29-28-15-7-8-19-32(28)44-36(27)29/h1-23H/i1D,2D,3D,4D,5D,6D,11D,12D,13D,14D. The van der Waals surface area contributed by atoms with E-state index in [4.69, 9.17) is 22.5 Å². The Morgan fingerprint density at radius 3 is 1.84 bits per heavy atom. The second-order valence-electron chi connectivity index (χ2n) is 10.1. The van der Waals surface area contributed by atoms with Crippen LogP contribution in [0, 0.1) is 0 Å². The fourth-order valence-electron chi connectivity index (χ4n) is 5.60. The lowest BCUT2D eigenvalue weighted by Crippen LogP contribution is -2.00. The number of benzene rings is 6. The Kier molecular flexibility index (Phi) is 3.66. The maximum Gasteiger partial charge on any atom is 0.164 e. The molecule has 0 aliphatic carbocycles. The first kappa shape index (κ1) is 16.5. The quantitative estimate of drug-likeness (QED) is 0.209. The van der Waals surface area contributed by atoms with Gasteiger partial charge in [0, 0.05) is 43.8 Å². The zero-order valence-electron chi connectivity index (χ0n) is 32.7. The molecule has 6 aromatic carbocycles. The minimum Gasteiger partial charge on any atom is -0.456 e. The van der Waals surface area contributed by atoms with Crippen molar-refractivity contribution in [1.82, 2.24) is 15.0 Å². The molecule has 0 spiro atoms. The van der Waals surface area contributed by atoms with Crippen molar-refractivity contribution in [3.05, 3.63) is 139 Å². The minimum absolute atomic E-state index is 0.0493. The Bertz CT molecular complexity index is 2940. The Hall–Kier alpha value is -6.07. The second-order valence-corrected chi connectivity index (χ2v) is 10.1. The molecular formula is C39H23N3O2. The molecule has 0 saturated heterocycles. The van der Waals surface area contributed by atoms with Crippen LogP contribution in [0.15, 0.2) is 148 Å². The summed E-state index contributed by atoms with van der Waals surface area (Å²) in [6, 6.07) is 18.7. The number of fused-ring (bicyclic) bond motifs is 6. The third-order valence-corrected chi connectivity index (χ3v) is 7.53. The molecule has 5 heteroatoms. The van der Waals surface area contributed by atoms with Crippen LogP contribution in [0.25, 0.3) is 89.2 Å². The monoisotopic (exact) mass is 575 g/mol. The molecule has 3 heterocycles. The average Bonchev–Trinajstić information content (AvgIpc) is 3.76. The maximum absolute atomic E-state index is 8.66. The Morgan fingerprint density at radius 1 is 0.455 bits per heavy atom. The van der Waals surface area contributed by atoms with E-state index in [0.29, 0.717) is 27.5 Å². The summed E-state index contributed by atoms with van der Waals surface area (Å²) in [5.74, 6) is -0.742. The lowest BCUT2D eigenvalue weighted by Gasteiger charge is -2.09. The molecule has 206 valence electrons. The Morgan fingerprint density at radius 2 is 1.07 bits per heavy atom. The van der Waals surface area contributed by atoms with Gasteiger partial charge in [-0.05, 0) is 29.8 Å². The van der Waals surface area contributed by atoms with E-state index in [-0.39, 0.29) is 28.6 Å². The first-order valence-corrected chi connectivity index (χ1v) is 13.7. The summed E-state index contributed by atoms with van der Waals surface area (Å²) in [6.45, 7) is 0. The SMILES string of the molecule is [2H]c1c([2H])c([2H])c(-c2nc(-c3c([2H])c([2H])c([2H])c([2H])c3[2H])nc(-c3cccc4oc5ccc(-c6cccc7c6oc6ccccc67)cc5c34)n2)c([2H])c1[2H]. The van der Waals surface area contributed by atoms with Crippen LogP contribution in [0.2, 0.25) is 0 Å². The molecule has 0 aliphatic heterocycles. The van der Waals surface area contributed by atoms with Gasteiger partial charge in [0.25, 0.3) is 0 Å². The summed E-state index contributed by atoms with van der Waals surface area (Å²) in [5.41, 5.74) is 3.89. The molecule has 0 aliphatic rings. The van der Waals surface area contributed by atoms with Crippen molar-refractivity contribution in [2.75, 3.05) is 0 Å². The van der Waals surface area contributed by atoms with E-state index in [2.05, 4.69) is 15.0 Å². The molecule has 44 heavy (non-hydrogen) atoms. The van der Waals surface area contributed by atoms with Crippen LogP contribution in [-0.2, 0) is 0 Å². The van der Waals surface area contributed by atoms with Crippen molar-refractivity contribution in [2.24, 2.45) is 0 Å². The number of hydrogen-bond acceptors (Lipinski definition) is 5. The molecule has 0 N–H and O–H groups in total. The van der Waals surface area contributed by atoms with Gasteiger partial charge in [-0.15, -0.1) is 0 Å². The molecule has 0 amide bonds. The van der Waals surface area contributed by atoms with Gasteiger partial charge >= 0.3 is 0 Å². The average molecular weight is 576 g/mol. The van der Waals surface area contributed by atoms with Gasteiger partial charge in [0.1, 0.15) is 22.3 Å². The number of aromatic nitrogens is 3. The van der Waals surface area contributed by atoms with E-state index in [9.17, 15) is 0 Å². The molecule has 0 saturated carbocycles.